The number of pyridine rings is 1. The number of aromatic nitrogens is 3. The van der Waals surface area contributed by atoms with Crippen LogP contribution in [0.1, 0.15) is 17.7 Å². The van der Waals surface area contributed by atoms with Gasteiger partial charge in [-0.25, -0.2) is 13.8 Å². The number of rotatable bonds is 4. The maximum Gasteiger partial charge on any atom is 0.282 e. The van der Waals surface area contributed by atoms with Crippen molar-refractivity contribution in [2.45, 2.75) is 13.0 Å². The molecule has 8 heteroatoms. The van der Waals surface area contributed by atoms with Gasteiger partial charge in [-0.15, -0.1) is 0 Å². The highest BCUT2D eigenvalue weighted by atomic mass is 79.9. The summed E-state index contributed by atoms with van der Waals surface area (Å²) in [6.07, 6.45) is 0.928. The molecule has 0 N–H and O–H groups in total. The smallest absolute Gasteiger partial charge is 0.282 e. The molecule has 3 heterocycles. The number of alkyl halides is 2. The van der Waals surface area contributed by atoms with Crippen LogP contribution in [-0.2, 0) is 13.6 Å². The minimum atomic E-state index is -2.53. The molecular weight excluding hydrogens is 368 g/mol. The Labute approximate surface area is 142 Å². The lowest BCUT2D eigenvalue weighted by Gasteiger charge is -2.35. The van der Waals surface area contributed by atoms with Gasteiger partial charge in [-0.3, -0.25) is 9.58 Å². The molecule has 0 unspecified atom stereocenters. The fourth-order valence-corrected chi connectivity index (χ4v) is 3.33. The molecule has 23 heavy (non-hydrogen) atoms. The molecule has 0 spiro atoms. The Morgan fingerprint density at radius 3 is 2.65 bits per heavy atom. The third-order valence-electron chi connectivity index (χ3n) is 3.95. The molecule has 0 aliphatic carbocycles. The molecule has 2 aromatic heterocycles. The molecule has 0 atom stereocenters. The first kappa shape index (κ1) is 16.3. The van der Waals surface area contributed by atoms with Crippen LogP contribution >= 0.6 is 15.9 Å². The van der Waals surface area contributed by atoms with Gasteiger partial charge in [0.25, 0.3) is 6.43 Å². The van der Waals surface area contributed by atoms with Gasteiger partial charge in [-0.1, -0.05) is 0 Å². The summed E-state index contributed by atoms with van der Waals surface area (Å²) in [5.41, 5.74) is 0.498. The first-order valence-electron chi connectivity index (χ1n) is 7.43. The monoisotopic (exact) mass is 385 g/mol. The topological polar surface area (TPSA) is 37.2 Å². The molecule has 0 aromatic carbocycles. The highest BCUT2D eigenvalue weighted by Crippen LogP contribution is 2.25. The van der Waals surface area contributed by atoms with Crippen molar-refractivity contribution in [2.75, 3.05) is 31.1 Å². The van der Waals surface area contributed by atoms with Crippen LogP contribution < -0.4 is 4.90 Å². The molecule has 3 rings (SSSR count). The van der Waals surface area contributed by atoms with Gasteiger partial charge in [0, 0.05) is 57.7 Å². The average Bonchev–Trinajstić information content (AvgIpc) is 2.90. The van der Waals surface area contributed by atoms with E-state index in [0.29, 0.717) is 12.1 Å². The summed E-state index contributed by atoms with van der Waals surface area (Å²) in [7, 11) is 1.67. The van der Waals surface area contributed by atoms with Crippen molar-refractivity contribution in [3.05, 3.63) is 40.3 Å². The average molecular weight is 386 g/mol. The van der Waals surface area contributed by atoms with Crippen LogP contribution in [-0.4, -0.2) is 45.8 Å². The Balaban J connectivity index is 1.63. The van der Waals surface area contributed by atoms with E-state index in [0.717, 1.165) is 36.5 Å². The zero-order valence-electron chi connectivity index (χ0n) is 12.8. The van der Waals surface area contributed by atoms with Crippen molar-refractivity contribution >= 4 is 21.7 Å². The number of piperazine rings is 1. The molecular formula is C15H18BrF2N5. The quantitative estimate of drug-likeness (QED) is 0.810. The van der Waals surface area contributed by atoms with Crippen molar-refractivity contribution in [1.29, 1.82) is 0 Å². The predicted octanol–water partition coefficient (Wildman–Crippen LogP) is 2.84. The van der Waals surface area contributed by atoms with E-state index in [1.807, 2.05) is 12.1 Å². The lowest BCUT2D eigenvalue weighted by molar-refractivity contribution is 0.142. The first-order valence-corrected chi connectivity index (χ1v) is 8.22. The second-order valence-corrected chi connectivity index (χ2v) is 6.44. The SMILES string of the molecule is Cn1cc(CN2CCN(c3ncccc3Br)CC2)c(C(F)F)n1. The van der Waals surface area contributed by atoms with Crippen LogP contribution in [0.3, 0.4) is 0 Å². The third kappa shape index (κ3) is 3.69. The van der Waals surface area contributed by atoms with Gasteiger partial charge >= 0.3 is 0 Å². The van der Waals surface area contributed by atoms with Crippen molar-refractivity contribution in [3.63, 3.8) is 0 Å². The summed E-state index contributed by atoms with van der Waals surface area (Å²) in [6.45, 7) is 3.76. The fourth-order valence-electron chi connectivity index (χ4n) is 2.83. The molecule has 1 aliphatic heterocycles. The normalized spacial score (nSPS) is 16.3. The van der Waals surface area contributed by atoms with Crippen molar-refractivity contribution in [1.82, 2.24) is 19.7 Å². The van der Waals surface area contributed by atoms with Gasteiger partial charge in [0.2, 0.25) is 0 Å². The standard InChI is InChI=1S/C15H18BrF2N5/c1-21-9-11(13(20-21)14(17)18)10-22-5-7-23(8-6-22)15-12(16)3-2-4-19-15/h2-4,9,14H,5-8,10H2,1H3. The highest BCUT2D eigenvalue weighted by Gasteiger charge is 2.23. The molecule has 0 bridgehead atoms. The molecule has 1 saturated heterocycles. The van der Waals surface area contributed by atoms with Crippen LogP contribution in [0, 0.1) is 0 Å². The Kier molecular flexibility index (Phi) is 4.91. The van der Waals surface area contributed by atoms with E-state index in [4.69, 9.17) is 0 Å². The Morgan fingerprint density at radius 1 is 1.26 bits per heavy atom. The summed E-state index contributed by atoms with van der Waals surface area (Å²) in [5, 5.41) is 3.86. The summed E-state index contributed by atoms with van der Waals surface area (Å²) < 4.78 is 28.4. The minimum Gasteiger partial charge on any atom is -0.353 e. The lowest BCUT2D eigenvalue weighted by atomic mass is 10.2. The van der Waals surface area contributed by atoms with E-state index in [2.05, 4.69) is 35.8 Å². The summed E-state index contributed by atoms with van der Waals surface area (Å²) in [6, 6.07) is 3.86. The fraction of sp³-hybridized carbons (Fsp3) is 0.467. The van der Waals surface area contributed by atoms with E-state index >= 15 is 0 Å². The second-order valence-electron chi connectivity index (χ2n) is 5.59. The van der Waals surface area contributed by atoms with E-state index in [1.165, 1.54) is 4.68 Å². The Morgan fingerprint density at radius 2 is 2.00 bits per heavy atom. The molecule has 0 saturated carbocycles. The van der Waals surface area contributed by atoms with Crippen LogP contribution in [0.5, 0.6) is 0 Å². The highest BCUT2D eigenvalue weighted by molar-refractivity contribution is 9.10. The predicted molar refractivity (Wildman–Crippen MR) is 87.6 cm³/mol. The number of halogens is 3. The first-order chi connectivity index (χ1) is 11.0. The number of hydrogen-bond acceptors (Lipinski definition) is 4. The van der Waals surface area contributed by atoms with Gasteiger partial charge in [0.15, 0.2) is 0 Å². The molecule has 2 aromatic rings. The summed E-state index contributed by atoms with van der Waals surface area (Å²) in [5.74, 6) is 0.932. The van der Waals surface area contributed by atoms with E-state index in [1.54, 1.807) is 19.4 Å². The van der Waals surface area contributed by atoms with Gasteiger partial charge in [-0.05, 0) is 28.1 Å². The van der Waals surface area contributed by atoms with Gasteiger partial charge in [-0.2, -0.15) is 5.10 Å². The number of nitrogens with zero attached hydrogens (tertiary/aromatic N) is 5. The van der Waals surface area contributed by atoms with E-state index in [-0.39, 0.29) is 5.69 Å². The molecule has 5 nitrogen and oxygen atoms in total. The lowest BCUT2D eigenvalue weighted by Crippen LogP contribution is -2.46. The number of hydrogen-bond donors (Lipinski definition) is 0. The third-order valence-corrected chi connectivity index (χ3v) is 4.57. The Bertz CT molecular complexity index is 668. The van der Waals surface area contributed by atoms with Gasteiger partial charge < -0.3 is 4.90 Å². The van der Waals surface area contributed by atoms with Crippen molar-refractivity contribution < 1.29 is 8.78 Å². The Hall–Kier alpha value is -1.54. The zero-order valence-corrected chi connectivity index (χ0v) is 14.4. The molecule has 1 aliphatic rings. The van der Waals surface area contributed by atoms with Crippen LogP contribution in [0.2, 0.25) is 0 Å². The van der Waals surface area contributed by atoms with Crippen molar-refractivity contribution in [2.24, 2.45) is 7.05 Å². The van der Waals surface area contributed by atoms with Crippen molar-refractivity contribution in [3.8, 4) is 0 Å². The molecule has 0 radical (unpaired) electrons. The number of anilines is 1. The van der Waals surface area contributed by atoms with Gasteiger partial charge in [0.1, 0.15) is 11.5 Å². The molecule has 1 fully saturated rings. The van der Waals surface area contributed by atoms with Crippen LogP contribution in [0.4, 0.5) is 14.6 Å². The maximum absolute atomic E-state index is 13.0. The summed E-state index contributed by atoms with van der Waals surface area (Å²) in [4.78, 5) is 8.78. The van der Waals surface area contributed by atoms with E-state index in [9.17, 15) is 8.78 Å². The minimum absolute atomic E-state index is 0.109. The largest absolute Gasteiger partial charge is 0.353 e. The van der Waals surface area contributed by atoms with E-state index < -0.39 is 6.43 Å². The van der Waals surface area contributed by atoms with Crippen LogP contribution in [0.15, 0.2) is 29.0 Å². The van der Waals surface area contributed by atoms with Crippen LogP contribution in [0.25, 0.3) is 0 Å². The molecule has 0 amide bonds. The second kappa shape index (κ2) is 6.92. The number of aryl methyl sites for hydroxylation is 1. The molecule has 124 valence electrons. The maximum atomic E-state index is 13.0. The summed E-state index contributed by atoms with van der Waals surface area (Å²) >= 11 is 3.52. The zero-order chi connectivity index (χ0) is 16.4. The van der Waals surface area contributed by atoms with Gasteiger partial charge in [0.05, 0.1) is 4.47 Å².